The first-order valence-electron chi connectivity index (χ1n) is 6.12. The summed E-state index contributed by atoms with van der Waals surface area (Å²) in [6.07, 6.45) is 1.36. The molecule has 0 saturated carbocycles. The zero-order valence-electron chi connectivity index (χ0n) is 11.2. The van der Waals surface area contributed by atoms with Gasteiger partial charge in [0, 0.05) is 5.92 Å². The first kappa shape index (κ1) is 15.9. The predicted molar refractivity (Wildman–Crippen MR) is 74.3 cm³/mol. The van der Waals surface area contributed by atoms with Crippen LogP contribution in [0, 0.1) is 12.8 Å². The van der Waals surface area contributed by atoms with Gasteiger partial charge in [-0.3, -0.25) is 4.18 Å². The molecule has 1 rings (SSSR count). The minimum atomic E-state index is -3.76. The van der Waals surface area contributed by atoms with Gasteiger partial charge >= 0.3 is 0 Å². The van der Waals surface area contributed by atoms with Gasteiger partial charge in [0.05, 0.1) is 17.6 Å². The molecule has 1 aromatic carbocycles. The van der Waals surface area contributed by atoms with Gasteiger partial charge in [-0.2, -0.15) is 8.42 Å². The van der Waals surface area contributed by atoms with Crippen LogP contribution in [0.25, 0.3) is 0 Å². The standard InChI is InChI=1S/C14H20O4S/c1-4-5-14(15)12(3)10-18-19(16,17)13-8-6-11(2)7-9-13/h4,6-9,12,14-15H,1,5,10H2,2-3H3/t12-,14+/m0/s1. The zero-order chi connectivity index (χ0) is 14.5. The molecule has 0 fully saturated rings. The molecule has 0 saturated heterocycles. The van der Waals surface area contributed by atoms with Crippen LogP contribution in [0.1, 0.15) is 18.9 Å². The van der Waals surface area contributed by atoms with Gasteiger partial charge in [-0.15, -0.1) is 6.58 Å². The molecule has 1 aromatic rings. The molecule has 106 valence electrons. The average molecular weight is 284 g/mol. The summed E-state index contributed by atoms with van der Waals surface area (Å²) in [6.45, 7) is 7.09. The Morgan fingerprint density at radius 3 is 2.47 bits per heavy atom. The number of hydrogen-bond acceptors (Lipinski definition) is 4. The van der Waals surface area contributed by atoms with Crippen molar-refractivity contribution < 1.29 is 17.7 Å². The smallest absolute Gasteiger partial charge is 0.296 e. The minimum Gasteiger partial charge on any atom is -0.392 e. The third-order valence-corrected chi connectivity index (χ3v) is 4.16. The van der Waals surface area contributed by atoms with E-state index in [1.807, 2.05) is 6.92 Å². The molecule has 0 aliphatic heterocycles. The summed E-state index contributed by atoms with van der Waals surface area (Å²) < 4.78 is 28.8. The lowest BCUT2D eigenvalue weighted by Crippen LogP contribution is -2.23. The van der Waals surface area contributed by atoms with Gasteiger partial charge in [-0.05, 0) is 25.5 Å². The van der Waals surface area contributed by atoms with Crippen molar-refractivity contribution in [3.05, 3.63) is 42.5 Å². The molecule has 0 unspecified atom stereocenters. The average Bonchev–Trinajstić information content (AvgIpc) is 2.37. The van der Waals surface area contributed by atoms with Gasteiger partial charge in [0.25, 0.3) is 10.1 Å². The molecular weight excluding hydrogens is 264 g/mol. The highest BCUT2D eigenvalue weighted by Crippen LogP contribution is 2.16. The molecule has 0 aliphatic carbocycles. The topological polar surface area (TPSA) is 63.6 Å². The quantitative estimate of drug-likeness (QED) is 0.616. The number of rotatable bonds is 7. The molecule has 0 heterocycles. The number of aliphatic hydroxyl groups excluding tert-OH is 1. The van der Waals surface area contributed by atoms with E-state index >= 15 is 0 Å². The third kappa shape index (κ3) is 4.78. The Morgan fingerprint density at radius 2 is 1.95 bits per heavy atom. The van der Waals surface area contributed by atoms with Crippen molar-refractivity contribution in [1.82, 2.24) is 0 Å². The first-order chi connectivity index (χ1) is 8.86. The summed E-state index contributed by atoms with van der Waals surface area (Å²) in [4.78, 5) is 0.128. The van der Waals surface area contributed by atoms with Crippen LogP contribution < -0.4 is 0 Å². The molecule has 2 atom stereocenters. The lowest BCUT2D eigenvalue weighted by atomic mass is 10.0. The number of hydrogen-bond donors (Lipinski definition) is 1. The number of aliphatic hydroxyl groups is 1. The molecule has 5 heteroatoms. The van der Waals surface area contributed by atoms with Gasteiger partial charge in [-0.25, -0.2) is 0 Å². The summed E-state index contributed by atoms with van der Waals surface area (Å²) in [6, 6.07) is 6.45. The van der Waals surface area contributed by atoms with Crippen molar-refractivity contribution in [2.45, 2.75) is 31.3 Å². The van der Waals surface area contributed by atoms with Crippen molar-refractivity contribution in [1.29, 1.82) is 0 Å². The van der Waals surface area contributed by atoms with Crippen LogP contribution in [0.5, 0.6) is 0 Å². The summed E-state index contributed by atoms with van der Waals surface area (Å²) in [5.74, 6) is -0.279. The summed E-state index contributed by atoms with van der Waals surface area (Å²) in [7, 11) is -3.76. The van der Waals surface area contributed by atoms with E-state index in [4.69, 9.17) is 4.18 Å². The van der Waals surface area contributed by atoms with E-state index < -0.39 is 16.2 Å². The highest BCUT2D eigenvalue weighted by Gasteiger charge is 2.19. The maximum Gasteiger partial charge on any atom is 0.296 e. The van der Waals surface area contributed by atoms with E-state index in [-0.39, 0.29) is 17.4 Å². The maximum absolute atomic E-state index is 11.9. The molecule has 0 radical (unpaired) electrons. The zero-order valence-corrected chi connectivity index (χ0v) is 12.1. The SMILES string of the molecule is C=CC[C@@H](O)[C@@H](C)COS(=O)(=O)c1ccc(C)cc1. The number of benzene rings is 1. The van der Waals surface area contributed by atoms with Gasteiger partial charge in [0.2, 0.25) is 0 Å². The second kappa shape index (κ2) is 6.84. The maximum atomic E-state index is 11.9. The highest BCUT2D eigenvalue weighted by molar-refractivity contribution is 7.86. The number of aryl methyl sites for hydroxylation is 1. The molecule has 0 bridgehead atoms. The Kier molecular flexibility index (Phi) is 5.72. The van der Waals surface area contributed by atoms with Crippen LogP contribution in [-0.4, -0.2) is 26.2 Å². The van der Waals surface area contributed by atoms with E-state index in [1.165, 1.54) is 12.1 Å². The van der Waals surface area contributed by atoms with Crippen molar-refractivity contribution in [3.8, 4) is 0 Å². The van der Waals surface area contributed by atoms with Gasteiger partial charge in [0.1, 0.15) is 0 Å². The Bertz CT molecular complexity index is 505. The molecular formula is C14H20O4S. The summed E-state index contributed by atoms with van der Waals surface area (Å²) in [5.41, 5.74) is 0.980. The monoisotopic (exact) mass is 284 g/mol. The Morgan fingerprint density at radius 1 is 1.37 bits per heavy atom. The first-order valence-corrected chi connectivity index (χ1v) is 7.52. The molecule has 0 aromatic heterocycles. The van der Waals surface area contributed by atoms with Crippen molar-refractivity contribution in [2.75, 3.05) is 6.61 Å². The van der Waals surface area contributed by atoms with Crippen LogP contribution in [-0.2, 0) is 14.3 Å². The predicted octanol–water partition coefficient (Wildman–Crippen LogP) is 2.27. The fourth-order valence-electron chi connectivity index (χ4n) is 1.48. The summed E-state index contributed by atoms with van der Waals surface area (Å²) in [5, 5.41) is 9.68. The van der Waals surface area contributed by atoms with Gasteiger partial charge < -0.3 is 5.11 Å². The molecule has 0 spiro atoms. The van der Waals surface area contributed by atoms with Crippen molar-refractivity contribution in [2.24, 2.45) is 5.92 Å². The lowest BCUT2D eigenvalue weighted by molar-refractivity contribution is 0.0888. The third-order valence-electron chi connectivity index (χ3n) is 2.86. The van der Waals surface area contributed by atoms with Crippen LogP contribution in [0.4, 0.5) is 0 Å². The van der Waals surface area contributed by atoms with Crippen LogP contribution in [0.2, 0.25) is 0 Å². The summed E-state index contributed by atoms with van der Waals surface area (Å²) >= 11 is 0. The second-order valence-corrected chi connectivity index (χ2v) is 6.24. The van der Waals surface area contributed by atoms with Gasteiger partial charge in [0.15, 0.2) is 0 Å². The normalized spacial score (nSPS) is 14.9. The Labute approximate surface area is 114 Å². The lowest BCUT2D eigenvalue weighted by Gasteiger charge is -2.17. The fourth-order valence-corrected chi connectivity index (χ4v) is 2.48. The Balaban J connectivity index is 2.65. The highest BCUT2D eigenvalue weighted by atomic mass is 32.2. The van der Waals surface area contributed by atoms with Crippen molar-refractivity contribution >= 4 is 10.1 Å². The minimum absolute atomic E-state index is 0.0504. The van der Waals surface area contributed by atoms with Crippen LogP contribution in [0.3, 0.4) is 0 Å². The molecule has 19 heavy (non-hydrogen) atoms. The van der Waals surface area contributed by atoms with E-state index in [2.05, 4.69) is 6.58 Å². The Hall–Kier alpha value is -1.17. The van der Waals surface area contributed by atoms with E-state index in [0.717, 1.165) is 5.56 Å². The molecule has 1 N–H and O–H groups in total. The molecule has 0 aliphatic rings. The van der Waals surface area contributed by atoms with Gasteiger partial charge in [-0.1, -0.05) is 30.7 Å². The fraction of sp³-hybridized carbons (Fsp3) is 0.429. The van der Waals surface area contributed by atoms with E-state index in [1.54, 1.807) is 25.1 Å². The van der Waals surface area contributed by atoms with Crippen LogP contribution >= 0.6 is 0 Å². The van der Waals surface area contributed by atoms with Crippen molar-refractivity contribution in [3.63, 3.8) is 0 Å². The van der Waals surface area contributed by atoms with E-state index in [9.17, 15) is 13.5 Å². The second-order valence-electron chi connectivity index (χ2n) is 4.62. The molecule has 0 amide bonds. The largest absolute Gasteiger partial charge is 0.392 e. The molecule has 4 nitrogen and oxygen atoms in total. The van der Waals surface area contributed by atoms with Crippen LogP contribution in [0.15, 0.2) is 41.8 Å². The van der Waals surface area contributed by atoms with E-state index in [0.29, 0.717) is 6.42 Å².